The second-order valence-electron chi connectivity index (χ2n) is 31.5. The van der Waals surface area contributed by atoms with Crippen molar-refractivity contribution in [2.45, 2.75) is 0 Å². The molecule has 124 heavy (non-hydrogen) atoms. The van der Waals surface area contributed by atoms with Gasteiger partial charge in [-0.25, -0.2) is 19.9 Å². The molecule has 0 aliphatic heterocycles. The topological polar surface area (TPSA) is 104 Å². The quantitative estimate of drug-likeness (QED) is 0.106. The van der Waals surface area contributed by atoms with Crippen LogP contribution in [0.5, 0.6) is 0 Å². The van der Waals surface area contributed by atoms with E-state index in [0.717, 1.165) is 211 Å². The molecule has 6 aromatic heterocycles. The predicted molar refractivity (Wildman–Crippen MR) is 509 cm³/mol. The van der Waals surface area contributed by atoms with Gasteiger partial charge in [0.1, 0.15) is 44.7 Å². The predicted octanol–water partition coefficient (Wildman–Crippen LogP) is 31.9. The van der Waals surface area contributed by atoms with Crippen molar-refractivity contribution in [2.24, 2.45) is 0 Å². The Morgan fingerprint density at radius 2 is 0.371 bits per heavy atom. The fourth-order valence-corrected chi connectivity index (χ4v) is 17.6. The van der Waals surface area contributed by atoms with Gasteiger partial charge >= 0.3 is 0 Å². The fourth-order valence-electron chi connectivity index (χ4n) is 17.6. The van der Waals surface area contributed by atoms with Crippen molar-refractivity contribution in [1.29, 1.82) is 0 Å². The molecule has 0 atom stereocenters. The molecule has 18 aromatic carbocycles. The Morgan fingerprint density at radius 1 is 0.129 bits per heavy atom. The number of rotatable bonds is 14. The largest absolute Gasteiger partial charge is 0.456 e. The van der Waals surface area contributed by atoms with Gasteiger partial charge in [0.15, 0.2) is 11.6 Å². The van der Waals surface area contributed by atoms with Crippen LogP contribution in [0.25, 0.3) is 245 Å². The zero-order valence-corrected chi connectivity index (χ0v) is 67.0. The van der Waals surface area contributed by atoms with Gasteiger partial charge in [-0.3, -0.25) is 0 Å². The molecule has 24 aromatic rings. The highest BCUT2D eigenvalue weighted by molar-refractivity contribution is 6.13. The number of aromatic nitrogens is 4. The lowest BCUT2D eigenvalue weighted by molar-refractivity contribution is 0.668. The van der Waals surface area contributed by atoms with Gasteiger partial charge in [-0.2, -0.15) is 0 Å². The minimum Gasteiger partial charge on any atom is -0.456 e. The van der Waals surface area contributed by atoms with Crippen molar-refractivity contribution in [3.05, 3.63) is 437 Å². The first-order valence-corrected chi connectivity index (χ1v) is 41.7. The van der Waals surface area contributed by atoms with Crippen molar-refractivity contribution < 1.29 is 17.7 Å². The van der Waals surface area contributed by atoms with E-state index in [2.05, 4.69) is 376 Å². The van der Waals surface area contributed by atoms with E-state index < -0.39 is 0 Å². The minimum absolute atomic E-state index is 0.620. The van der Waals surface area contributed by atoms with Crippen molar-refractivity contribution >= 4 is 87.8 Å². The number of benzene rings is 18. The van der Waals surface area contributed by atoms with Gasteiger partial charge in [0, 0.05) is 87.6 Å². The molecule has 0 unspecified atom stereocenters. The molecule has 0 saturated heterocycles. The van der Waals surface area contributed by atoms with Gasteiger partial charge < -0.3 is 17.7 Å². The minimum atomic E-state index is 0.620. The van der Waals surface area contributed by atoms with E-state index in [0.29, 0.717) is 11.6 Å². The van der Waals surface area contributed by atoms with E-state index in [9.17, 15) is 0 Å². The van der Waals surface area contributed by atoms with Crippen LogP contribution in [0.3, 0.4) is 0 Å². The van der Waals surface area contributed by atoms with E-state index in [1.54, 1.807) is 0 Å². The van der Waals surface area contributed by atoms with Gasteiger partial charge in [-0.1, -0.05) is 315 Å². The Bertz CT molecular complexity index is 7980. The maximum absolute atomic E-state index is 6.62. The first-order chi connectivity index (χ1) is 61.4. The van der Waals surface area contributed by atoms with E-state index in [1.165, 1.54) is 22.3 Å². The third-order valence-corrected chi connectivity index (χ3v) is 23.7. The Labute approximate surface area is 714 Å². The number of para-hydroxylation sites is 6. The molecule has 6 heterocycles. The number of furan rings is 4. The summed E-state index contributed by atoms with van der Waals surface area (Å²) in [4.78, 5) is 21.4. The highest BCUT2D eigenvalue weighted by atomic mass is 16.3. The van der Waals surface area contributed by atoms with Gasteiger partial charge in [0.25, 0.3) is 0 Å². The van der Waals surface area contributed by atoms with Crippen LogP contribution >= 0.6 is 0 Å². The van der Waals surface area contributed by atoms with Gasteiger partial charge in [0.05, 0.1) is 22.8 Å². The summed E-state index contributed by atoms with van der Waals surface area (Å²) >= 11 is 0. The second-order valence-corrected chi connectivity index (χ2v) is 31.5. The van der Waals surface area contributed by atoms with Crippen LogP contribution in [0, 0.1) is 0 Å². The Kier molecular flexibility index (Phi) is 18.1. The number of hydrogen-bond donors (Lipinski definition) is 0. The smallest absolute Gasteiger partial charge is 0.160 e. The molecule has 580 valence electrons. The SMILES string of the molecule is c1ccc(-c2cccc(-c3cccc(-c4cc(-c5ccccc5)nc(-c5cc(-c6ccc7oc8ccccc8c7c6)cc(-c6ccc7oc8ccccc8c7c6)c5)n4)c3)c2)cc1.c1ccc(-c2cccc(-c3cccc(-c4cc(-c5ccccc5)nc(-c5cc(-c6cccc7c6oc6ccccc67)cc(-c6cccc7c6oc6ccccc67)c5)n4)c3)c2)cc1. The highest BCUT2D eigenvalue weighted by Crippen LogP contribution is 2.46. The molecule has 0 N–H and O–H groups in total. The summed E-state index contributed by atoms with van der Waals surface area (Å²) in [6.07, 6.45) is 0. The average molecular weight is 1590 g/mol. The van der Waals surface area contributed by atoms with E-state index in [-0.39, 0.29) is 0 Å². The Hall–Kier alpha value is -16.7. The molecule has 0 saturated carbocycles. The first-order valence-electron chi connectivity index (χ1n) is 41.7. The van der Waals surface area contributed by atoms with Gasteiger partial charge in [0.2, 0.25) is 0 Å². The second kappa shape index (κ2) is 30.9. The standard InChI is InChI=1S/2C58H36N2O2/c1-3-15-37(16-4-1)39-19-11-20-40(31-39)41-21-12-22-42(32-41)53-36-52(38-17-5-2-6-18-38)59-58(60-53)45-34-43(46-25-13-27-50-48-23-7-9-29-54(48)61-56(46)50)33-44(35-45)47-26-14-28-51-49-24-8-10-30-55(49)62-57(47)51;1-3-13-37(14-4-1)39-17-11-18-40(29-39)41-19-12-20-44(30-41)53-36-52(38-15-5-2-6-16-38)59-58(60-53)47-32-45(42-25-27-56-50(34-42)48-21-7-9-23-54(48)61-56)31-46(33-47)43-26-28-57-51(35-43)49-22-8-10-24-55(49)62-57/h2*1-36H. The molecule has 0 aliphatic rings. The molecule has 0 aliphatic carbocycles. The Morgan fingerprint density at radius 3 is 0.758 bits per heavy atom. The molecule has 8 heteroatoms. The summed E-state index contributed by atoms with van der Waals surface area (Å²) in [5.41, 5.74) is 33.6. The van der Waals surface area contributed by atoms with Crippen LogP contribution in [-0.4, -0.2) is 19.9 Å². The maximum atomic E-state index is 6.62. The van der Waals surface area contributed by atoms with Crippen LogP contribution in [0.2, 0.25) is 0 Å². The number of hydrogen-bond acceptors (Lipinski definition) is 8. The van der Waals surface area contributed by atoms with Crippen molar-refractivity contribution in [3.8, 4) is 157 Å². The average Bonchev–Trinajstić information content (AvgIpc) is 1.65. The van der Waals surface area contributed by atoms with E-state index in [1.807, 2.05) is 60.7 Å². The normalized spacial score (nSPS) is 11.5. The Balaban J connectivity index is 0.000000143. The third-order valence-electron chi connectivity index (χ3n) is 23.7. The fraction of sp³-hybridized carbons (Fsp3) is 0. The molecule has 8 nitrogen and oxygen atoms in total. The summed E-state index contributed by atoms with van der Waals surface area (Å²) in [5, 5.41) is 8.67. The molecule has 0 radical (unpaired) electrons. The van der Waals surface area contributed by atoms with E-state index >= 15 is 0 Å². The lowest BCUT2D eigenvalue weighted by atomic mass is 9.93. The first kappa shape index (κ1) is 72.5. The molecule has 0 amide bonds. The summed E-state index contributed by atoms with van der Waals surface area (Å²) < 4.78 is 25.7. The van der Waals surface area contributed by atoms with Crippen LogP contribution in [-0.2, 0) is 0 Å². The van der Waals surface area contributed by atoms with Crippen molar-refractivity contribution in [1.82, 2.24) is 19.9 Å². The third kappa shape index (κ3) is 13.7. The maximum Gasteiger partial charge on any atom is 0.160 e. The van der Waals surface area contributed by atoms with Crippen LogP contribution in [0.1, 0.15) is 0 Å². The van der Waals surface area contributed by atoms with Crippen molar-refractivity contribution in [2.75, 3.05) is 0 Å². The molecular weight excluding hydrogens is 1510 g/mol. The van der Waals surface area contributed by atoms with Crippen LogP contribution < -0.4 is 0 Å². The van der Waals surface area contributed by atoms with Gasteiger partial charge in [-0.05, 0) is 199 Å². The molecule has 0 bridgehead atoms. The zero-order chi connectivity index (χ0) is 82.0. The molecular formula is C116H72N4O4. The summed E-state index contributed by atoms with van der Waals surface area (Å²) in [5.74, 6) is 1.26. The molecule has 24 rings (SSSR count). The van der Waals surface area contributed by atoms with Crippen molar-refractivity contribution in [3.63, 3.8) is 0 Å². The van der Waals surface area contributed by atoms with Gasteiger partial charge in [-0.15, -0.1) is 0 Å². The lowest BCUT2D eigenvalue weighted by Crippen LogP contribution is -1.97. The number of nitrogens with zero attached hydrogens (tertiary/aromatic N) is 4. The summed E-state index contributed by atoms with van der Waals surface area (Å²) in [7, 11) is 0. The van der Waals surface area contributed by atoms with Crippen LogP contribution in [0.15, 0.2) is 454 Å². The van der Waals surface area contributed by atoms with Crippen LogP contribution in [0.4, 0.5) is 0 Å². The van der Waals surface area contributed by atoms with E-state index in [4.69, 9.17) is 37.6 Å². The lowest BCUT2D eigenvalue weighted by Gasteiger charge is -2.14. The highest BCUT2D eigenvalue weighted by Gasteiger charge is 2.23. The summed E-state index contributed by atoms with van der Waals surface area (Å²) in [6, 6.07) is 153. The zero-order valence-electron chi connectivity index (χ0n) is 67.0. The number of fused-ring (bicyclic) bond motifs is 12. The molecule has 0 spiro atoms. The monoisotopic (exact) mass is 1580 g/mol. The summed E-state index contributed by atoms with van der Waals surface area (Å²) in [6.45, 7) is 0. The molecule has 0 fully saturated rings.